The van der Waals surface area contributed by atoms with Crippen molar-refractivity contribution in [2.24, 2.45) is 4.99 Å². The van der Waals surface area contributed by atoms with E-state index in [0.29, 0.717) is 24.7 Å². The lowest BCUT2D eigenvalue weighted by molar-refractivity contribution is 0.234. The molecule has 1 aliphatic heterocycles. The Morgan fingerprint density at radius 2 is 1.79 bits per heavy atom. The summed E-state index contributed by atoms with van der Waals surface area (Å²) in [5, 5.41) is 7.45. The first kappa shape index (κ1) is 26.1. The van der Waals surface area contributed by atoms with Crippen LogP contribution < -0.4 is 5.73 Å². The van der Waals surface area contributed by atoms with Gasteiger partial charge in [0.05, 0.1) is 12.6 Å². The lowest BCUT2D eigenvalue weighted by Crippen LogP contribution is -2.29. The van der Waals surface area contributed by atoms with Gasteiger partial charge in [0.2, 0.25) is 0 Å². The van der Waals surface area contributed by atoms with Gasteiger partial charge in [-0.1, -0.05) is 70.2 Å². The van der Waals surface area contributed by atoms with Crippen molar-refractivity contribution >= 4 is 11.7 Å². The Morgan fingerprint density at radius 3 is 2.24 bits per heavy atom. The Morgan fingerprint density at radius 1 is 1.14 bits per heavy atom. The highest BCUT2D eigenvalue weighted by molar-refractivity contribution is 6.01. The van der Waals surface area contributed by atoms with Crippen LogP contribution in [0.4, 0.5) is 5.82 Å². The van der Waals surface area contributed by atoms with E-state index in [4.69, 9.17) is 10.7 Å². The zero-order valence-corrected chi connectivity index (χ0v) is 18.3. The van der Waals surface area contributed by atoms with Gasteiger partial charge in [0.15, 0.2) is 17.3 Å². The topological polar surface area (TPSA) is 89.8 Å². The summed E-state index contributed by atoms with van der Waals surface area (Å²) in [6, 6.07) is 10.2. The maximum atomic E-state index is 5.76. The lowest BCUT2D eigenvalue weighted by Gasteiger charge is -2.17. The lowest BCUT2D eigenvalue weighted by atomic mass is 10.1. The number of ether oxygens (including phenoxy) is 1. The third-order valence-corrected chi connectivity index (χ3v) is 3.52. The van der Waals surface area contributed by atoms with Crippen LogP contribution in [0.25, 0.3) is 0 Å². The first-order valence-electron chi connectivity index (χ1n) is 9.88. The van der Waals surface area contributed by atoms with Crippen molar-refractivity contribution in [2.45, 2.75) is 33.7 Å². The van der Waals surface area contributed by atoms with E-state index in [-0.39, 0.29) is 11.9 Å². The number of hydrogen-bond donors (Lipinski definition) is 1. The Bertz CT molecular complexity index is 713. The van der Waals surface area contributed by atoms with Crippen LogP contribution >= 0.6 is 0 Å². The van der Waals surface area contributed by atoms with E-state index in [1.54, 1.807) is 13.2 Å². The molecule has 0 aliphatic carbocycles. The average Bonchev–Trinajstić information content (AvgIpc) is 3.39. The fourth-order valence-electron chi connectivity index (χ4n) is 2.42. The van der Waals surface area contributed by atoms with Crippen molar-refractivity contribution in [2.75, 3.05) is 32.5 Å². The van der Waals surface area contributed by atoms with Crippen LogP contribution in [0.3, 0.4) is 0 Å². The standard InChI is InChI=1S/C14H15N5O.C4H8O.2C2H6/c1-2-8-19-9-11(10-6-4-3-5-7-10)16-14(19)12-13(15)18-20-17-12;1-3-4-5-2;2*1-2/h2-7,11H,1,8-9H2,(H2,15,18);3H,1,4H2,2H3;2*1-2H3. The van der Waals surface area contributed by atoms with Crippen LogP contribution in [-0.2, 0) is 4.74 Å². The molecule has 3 rings (SSSR count). The molecule has 0 bridgehead atoms. The summed E-state index contributed by atoms with van der Waals surface area (Å²) >= 11 is 0. The summed E-state index contributed by atoms with van der Waals surface area (Å²) in [6.07, 6.45) is 3.53. The number of methoxy groups -OCH3 is 1. The number of hydrogen-bond acceptors (Lipinski definition) is 7. The second kappa shape index (κ2) is 16.1. The fourth-order valence-corrected chi connectivity index (χ4v) is 2.42. The van der Waals surface area contributed by atoms with E-state index in [1.165, 1.54) is 0 Å². The van der Waals surface area contributed by atoms with E-state index in [2.05, 4.69) is 49.9 Å². The van der Waals surface area contributed by atoms with Crippen LogP contribution in [0, 0.1) is 0 Å². The molecule has 160 valence electrons. The molecule has 2 aromatic rings. The minimum atomic E-state index is 0.0576. The van der Waals surface area contributed by atoms with E-state index >= 15 is 0 Å². The predicted molar refractivity (Wildman–Crippen MR) is 121 cm³/mol. The molecule has 0 saturated carbocycles. The zero-order chi connectivity index (χ0) is 22.1. The van der Waals surface area contributed by atoms with Crippen LogP contribution in [0.15, 0.2) is 65.3 Å². The maximum absolute atomic E-state index is 5.76. The zero-order valence-electron chi connectivity index (χ0n) is 18.3. The molecular weight excluding hydrogens is 366 g/mol. The van der Waals surface area contributed by atoms with Crippen LogP contribution in [0.1, 0.15) is 45.0 Å². The van der Waals surface area contributed by atoms with Gasteiger partial charge in [-0.15, -0.1) is 13.2 Å². The smallest absolute Gasteiger partial charge is 0.199 e. The molecule has 1 atom stereocenters. The van der Waals surface area contributed by atoms with Gasteiger partial charge in [0, 0.05) is 20.2 Å². The van der Waals surface area contributed by atoms with E-state index in [1.807, 2.05) is 52.0 Å². The first-order valence-corrected chi connectivity index (χ1v) is 9.88. The maximum Gasteiger partial charge on any atom is 0.199 e. The minimum absolute atomic E-state index is 0.0576. The van der Waals surface area contributed by atoms with Gasteiger partial charge in [-0.3, -0.25) is 4.99 Å². The third-order valence-electron chi connectivity index (χ3n) is 3.52. The highest BCUT2D eigenvalue weighted by Crippen LogP contribution is 2.27. The van der Waals surface area contributed by atoms with E-state index in [0.717, 1.165) is 12.1 Å². The van der Waals surface area contributed by atoms with Crippen molar-refractivity contribution in [3.63, 3.8) is 0 Å². The molecule has 0 radical (unpaired) electrons. The molecule has 0 amide bonds. The van der Waals surface area contributed by atoms with Gasteiger partial charge in [-0.2, -0.15) is 0 Å². The summed E-state index contributed by atoms with van der Waals surface area (Å²) in [5.41, 5.74) is 7.41. The molecule has 1 aromatic carbocycles. The van der Waals surface area contributed by atoms with E-state index in [9.17, 15) is 0 Å². The van der Waals surface area contributed by atoms with Crippen molar-refractivity contribution in [3.8, 4) is 0 Å². The van der Waals surface area contributed by atoms with Gasteiger partial charge >= 0.3 is 0 Å². The molecule has 1 aliphatic rings. The molecule has 7 nitrogen and oxygen atoms in total. The Hall–Kier alpha value is -2.93. The number of aromatic nitrogens is 2. The van der Waals surface area contributed by atoms with Crippen LogP contribution in [-0.4, -0.2) is 47.9 Å². The summed E-state index contributed by atoms with van der Waals surface area (Å²) in [4.78, 5) is 6.78. The minimum Gasteiger partial charge on any atom is -0.381 e. The molecule has 0 saturated heterocycles. The Labute approximate surface area is 174 Å². The summed E-state index contributed by atoms with van der Waals surface area (Å²) in [5.74, 6) is 0.962. The van der Waals surface area contributed by atoms with Crippen LogP contribution in [0.2, 0.25) is 0 Å². The second-order valence-electron chi connectivity index (χ2n) is 5.31. The van der Waals surface area contributed by atoms with Crippen molar-refractivity contribution in [1.29, 1.82) is 0 Å². The second-order valence-corrected chi connectivity index (χ2v) is 5.31. The summed E-state index contributed by atoms with van der Waals surface area (Å²) in [6.45, 7) is 17.3. The third kappa shape index (κ3) is 8.31. The Balaban J connectivity index is 0.000000752. The average molecular weight is 402 g/mol. The molecule has 2 heterocycles. The van der Waals surface area contributed by atoms with Gasteiger partial charge in [0.25, 0.3) is 0 Å². The normalized spacial score (nSPS) is 14.2. The molecule has 1 unspecified atom stereocenters. The summed E-state index contributed by atoms with van der Waals surface area (Å²) in [7, 11) is 1.64. The molecular formula is C22H35N5O2. The molecule has 1 aromatic heterocycles. The quantitative estimate of drug-likeness (QED) is 0.716. The van der Waals surface area contributed by atoms with Crippen molar-refractivity contribution in [3.05, 3.63) is 66.9 Å². The number of anilines is 1. The number of nitrogen functional groups attached to an aromatic ring is 1. The SMILES string of the molecule is C=CCN1CC(c2ccccc2)N=C1c1nonc1N.C=CCOC.CC.CC. The van der Waals surface area contributed by atoms with Crippen molar-refractivity contribution < 1.29 is 9.37 Å². The predicted octanol–water partition coefficient (Wildman–Crippen LogP) is 4.51. The number of nitrogens with zero attached hydrogens (tertiary/aromatic N) is 4. The first-order chi connectivity index (χ1) is 14.2. The van der Waals surface area contributed by atoms with Gasteiger partial charge in [-0.05, 0) is 15.9 Å². The number of nitrogens with two attached hydrogens (primary N) is 1. The number of benzene rings is 1. The van der Waals surface area contributed by atoms with Gasteiger partial charge in [-0.25, -0.2) is 4.63 Å². The van der Waals surface area contributed by atoms with Gasteiger partial charge < -0.3 is 15.4 Å². The number of amidine groups is 1. The summed E-state index contributed by atoms with van der Waals surface area (Å²) < 4.78 is 9.24. The van der Waals surface area contributed by atoms with E-state index < -0.39 is 0 Å². The molecule has 0 fully saturated rings. The largest absolute Gasteiger partial charge is 0.381 e. The molecule has 29 heavy (non-hydrogen) atoms. The Kier molecular flexibility index (Phi) is 14.4. The fraction of sp³-hybridized carbons (Fsp3) is 0.409. The molecule has 2 N–H and O–H groups in total. The highest BCUT2D eigenvalue weighted by atomic mass is 16.6. The van der Waals surface area contributed by atoms with Crippen molar-refractivity contribution in [1.82, 2.24) is 15.2 Å². The number of rotatable bonds is 6. The number of aliphatic imine (C=N–C) groups is 1. The molecule has 0 spiro atoms. The van der Waals surface area contributed by atoms with Gasteiger partial charge in [0.1, 0.15) is 0 Å². The highest BCUT2D eigenvalue weighted by Gasteiger charge is 2.29. The van der Waals surface area contributed by atoms with Crippen LogP contribution in [0.5, 0.6) is 0 Å². The molecule has 7 heteroatoms. The monoisotopic (exact) mass is 401 g/mol.